The van der Waals surface area contributed by atoms with Gasteiger partial charge in [-0.15, -0.1) is 0 Å². The van der Waals surface area contributed by atoms with E-state index in [2.05, 4.69) is 42.2 Å². The fourth-order valence-corrected chi connectivity index (χ4v) is 2.69. The van der Waals surface area contributed by atoms with Gasteiger partial charge in [-0.3, -0.25) is 4.79 Å². The Kier molecular flexibility index (Phi) is 4.94. The SMILES string of the molecule is CCC1CN(CCCc2ccccc2)CCC1=O. The van der Waals surface area contributed by atoms with Gasteiger partial charge in [0.15, 0.2) is 0 Å². The van der Waals surface area contributed by atoms with Gasteiger partial charge in [0.1, 0.15) is 5.78 Å². The van der Waals surface area contributed by atoms with Crippen LogP contribution in [0.5, 0.6) is 0 Å². The standard InChI is InChI=1S/C16H23NO/c1-2-15-13-17(12-10-16(15)18)11-6-9-14-7-4-3-5-8-14/h3-5,7-8,15H,2,6,9-13H2,1H3. The summed E-state index contributed by atoms with van der Waals surface area (Å²) >= 11 is 0. The highest BCUT2D eigenvalue weighted by atomic mass is 16.1. The Morgan fingerprint density at radius 1 is 1.28 bits per heavy atom. The molecule has 1 aromatic carbocycles. The zero-order valence-electron chi connectivity index (χ0n) is 11.3. The molecule has 18 heavy (non-hydrogen) atoms. The summed E-state index contributed by atoms with van der Waals surface area (Å²) in [6, 6.07) is 10.6. The monoisotopic (exact) mass is 245 g/mol. The van der Waals surface area contributed by atoms with Crippen LogP contribution in [0.25, 0.3) is 0 Å². The number of Topliss-reactive ketones (excluding diaryl/α,β-unsaturated/α-hetero) is 1. The Labute approximate surface area is 110 Å². The molecule has 0 saturated carbocycles. The zero-order valence-corrected chi connectivity index (χ0v) is 11.3. The molecule has 2 heteroatoms. The molecule has 0 radical (unpaired) electrons. The van der Waals surface area contributed by atoms with E-state index in [4.69, 9.17) is 0 Å². The number of aryl methyl sites for hydroxylation is 1. The van der Waals surface area contributed by atoms with Crippen LogP contribution < -0.4 is 0 Å². The molecule has 1 aliphatic heterocycles. The number of carbonyl (C=O) groups is 1. The van der Waals surface area contributed by atoms with Crippen LogP contribution in [0.1, 0.15) is 31.7 Å². The number of rotatable bonds is 5. The average molecular weight is 245 g/mol. The molecule has 1 aliphatic rings. The number of benzene rings is 1. The molecule has 98 valence electrons. The van der Waals surface area contributed by atoms with Gasteiger partial charge in [0.25, 0.3) is 0 Å². The van der Waals surface area contributed by atoms with Crippen molar-refractivity contribution in [1.29, 1.82) is 0 Å². The van der Waals surface area contributed by atoms with Crippen LogP contribution in [0.2, 0.25) is 0 Å². The van der Waals surface area contributed by atoms with Crippen molar-refractivity contribution in [2.75, 3.05) is 19.6 Å². The summed E-state index contributed by atoms with van der Waals surface area (Å²) in [4.78, 5) is 14.1. The van der Waals surface area contributed by atoms with Gasteiger partial charge in [-0.25, -0.2) is 0 Å². The Morgan fingerprint density at radius 2 is 2.06 bits per heavy atom. The van der Waals surface area contributed by atoms with Crippen LogP contribution >= 0.6 is 0 Å². The topological polar surface area (TPSA) is 20.3 Å². The number of likely N-dealkylation sites (tertiary alicyclic amines) is 1. The summed E-state index contributed by atoms with van der Waals surface area (Å²) in [5.74, 6) is 0.757. The molecular formula is C16H23NO. The van der Waals surface area contributed by atoms with E-state index in [0.717, 1.165) is 38.9 Å². The summed E-state index contributed by atoms with van der Waals surface area (Å²) in [5, 5.41) is 0. The molecule has 1 unspecified atom stereocenters. The summed E-state index contributed by atoms with van der Waals surface area (Å²) in [7, 11) is 0. The van der Waals surface area contributed by atoms with Crippen LogP contribution in [0.4, 0.5) is 0 Å². The minimum absolute atomic E-state index is 0.287. The quantitative estimate of drug-likeness (QED) is 0.795. The Hall–Kier alpha value is -1.15. The molecular weight excluding hydrogens is 222 g/mol. The molecule has 1 atom stereocenters. The van der Waals surface area contributed by atoms with E-state index in [1.54, 1.807) is 0 Å². The van der Waals surface area contributed by atoms with E-state index in [0.29, 0.717) is 5.78 Å². The lowest BCUT2D eigenvalue weighted by Crippen LogP contribution is -2.41. The molecule has 0 aromatic heterocycles. The first-order valence-corrected chi connectivity index (χ1v) is 7.08. The van der Waals surface area contributed by atoms with E-state index in [1.165, 1.54) is 12.0 Å². The number of hydrogen-bond donors (Lipinski definition) is 0. The van der Waals surface area contributed by atoms with Crippen molar-refractivity contribution in [3.05, 3.63) is 35.9 Å². The van der Waals surface area contributed by atoms with Gasteiger partial charge in [-0.2, -0.15) is 0 Å². The number of ketones is 1. The zero-order chi connectivity index (χ0) is 12.8. The molecule has 0 spiro atoms. The maximum absolute atomic E-state index is 11.6. The van der Waals surface area contributed by atoms with Gasteiger partial charge in [-0.1, -0.05) is 37.3 Å². The fourth-order valence-electron chi connectivity index (χ4n) is 2.69. The minimum Gasteiger partial charge on any atom is -0.302 e. The molecule has 1 saturated heterocycles. The fraction of sp³-hybridized carbons (Fsp3) is 0.562. The summed E-state index contributed by atoms with van der Waals surface area (Å²) < 4.78 is 0. The molecule has 2 nitrogen and oxygen atoms in total. The highest BCUT2D eigenvalue weighted by Gasteiger charge is 2.24. The second kappa shape index (κ2) is 6.69. The van der Waals surface area contributed by atoms with Gasteiger partial charge in [0.2, 0.25) is 0 Å². The number of hydrogen-bond acceptors (Lipinski definition) is 2. The van der Waals surface area contributed by atoms with Gasteiger partial charge in [0, 0.05) is 25.4 Å². The van der Waals surface area contributed by atoms with E-state index in [-0.39, 0.29) is 5.92 Å². The molecule has 1 fully saturated rings. The van der Waals surface area contributed by atoms with Crippen molar-refractivity contribution in [3.63, 3.8) is 0 Å². The van der Waals surface area contributed by atoms with Crippen LogP contribution in [0.3, 0.4) is 0 Å². The minimum atomic E-state index is 0.287. The molecule has 1 heterocycles. The first-order chi connectivity index (χ1) is 8.79. The van der Waals surface area contributed by atoms with Gasteiger partial charge < -0.3 is 4.90 Å². The first-order valence-electron chi connectivity index (χ1n) is 7.08. The molecule has 2 rings (SSSR count). The van der Waals surface area contributed by atoms with Crippen molar-refractivity contribution in [1.82, 2.24) is 4.90 Å². The van der Waals surface area contributed by atoms with Gasteiger partial charge in [0.05, 0.1) is 0 Å². The normalized spacial score (nSPS) is 21.2. The number of piperidine rings is 1. The number of carbonyl (C=O) groups excluding carboxylic acids is 1. The third-order valence-electron chi connectivity index (χ3n) is 3.88. The third-order valence-corrected chi connectivity index (χ3v) is 3.88. The van der Waals surface area contributed by atoms with Crippen LogP contribution in [-0.4, -0.2) is 30.3 Å². The first kappa shape index (κ1) is 13.3. The smallest absolute Gasteiger partial charge is 0.138 e. The van der Waals surface area contributed by atoms with Crippen LogP contribution in [0, 0.1) is 5.92 Å². The van der Waals surface area contributed by atoms with Crippen molar-refractivity contribution in [2.45, 2.75) is 32.6 Å². The highest BCUT2D eigenvalue weighted by Crippen LogP contribution is 2.16. The average Bonchev–Trinajstić information content (AvgIpc) is 2.42. The summed E-state index contributed by atoms with van der Waals surface area (Å²) in [6.45, 7) is 5.18. The van der Waals surface area contributed by atoms with E-state index in [9.17, 15) is 4.79 Å². The maximum atomic E-state index is 11.6. The second-order valence-corrected chi connectivity index (χ2v) is 5.21. The van der Waals surface area contributed by atoms with Crippen molar-refractivity contribution in [2.24, 2.45) is 5.92 Å². The van der Waals surface area contributed by atoms with Crippen LogP contribution in [-0.2, 0) is 11.2 Å². The molecule has 0 aliphatic carbocycles. The Bertz CT molecular complexity index is 374. The molecule has 0 bridgehead atoms. The summed E-state index contributed by atoms with van der Waals surface area (Å²) in [6.07, 6.45) is 4.08. The molecule has 0 amide bonds. The van der Waals surface area contributed by atoms with E-state index >= 15 is 0 Å². The van der Waals surface area contributed by atoms with Crippen molar-refractivity contribution < 1.29 is 4.79 Å². The highest BCUT2D eigenvalue weighted by molar-refractivity contribution is 5.82. The lowest BCUT2D eigenvalue weighted by Gasteiger charge is -2.31. The van der Waals surface area contributed by atoms with Crippen molar-refractivity contribution in [3.8, 4) is 0 Å². The third kappa shape index (κ3) is 3.67. The molecule has 0 N–H and O–H groups in total. The Morgan fingerprint density at radius 3 is 2.78 bits per heavy atom. The van der Waals surface area contributed by atoms with Crippen LogP contribution in [0.15, 0.2) is 30.3 Å². The lowest BCUT2D eigenvalue weighted by molar-refractivity contribution is -0.126. The van der Waals surface area contributed by atoms with Crippen molar-refractivity contribution >= 4 is 5.78 Å². The number of nitrogens with zero attached hydrogens (tertiary/aromatic N) is 1. The molecule has 1 aromatic rings. The van der Waals surface area contributed by atoms with E-state index in [1.807, 2.05) is 0 Å². The largest absolute Gasteiger partial charge is 0.302 e. The Balaban J connectivity index is 1.72. The van der Waals surface area contributed by atoms with E-state index < -0.39 is 0 Å². The maximum Gasteiger partial charge on any atom is 0.138 e. The summed E-state index contributed by atoms with van der Waals surface area (Å²) in [5.41, 5.74) is 1.41. The second-order valence-electron chi connectivity index (χ2n) is 5.21. The van der Waals surface area contributed by atoms with Gasteiger partial charge >= 0.3 is 0 Å². The predicted molar refractivity (Wildman–Crippen MR) is 74.6 cm³/mol. The predicted octanol–water partition coefficient (Wildman–Crippen LogP) is 2.92. The van der Waals surface area contributed by atoms with Gasteiger partial charge in [-0.05, 0) is 31.4 Å². The lowest BCUT2D eigenvalue weighted by atomic mass is 9.94.